The summed E-state index contributed by atoms with van der Waals surface area (Å²) in [5.41, 5.74) is 14.0. The van der Waals surface area contributed by atoms with E-state index in [9.17, 15) is 0 Å². The average molecular weight is 757 g/mol. The van der Waals surface area contributed by atoms with Gasteiger partial charge in [-0.15, -0.1) is 62.5 Å². The molecule has 244 valence electrons. The van der Waals surface area contributed by atoms with Crippen molar-refractivity contribution in [2.45, 2.75) is 86.7 Å². The maximum atomic E-state index is 4.93. The van der Waals surface area contributed by atoms with Gasteiger partial charge in [0.2, 0.25) is 0 Å². The Morgan fingerprint density at radius 1 is 0.681 bits per heavy atom. The van der Waals surface area contributed by atoms with Crippen molar-refractivity contribution >= 4 is 48.1 Å². The topological polar surface area (TPSA) is 0 Å². The number of aryl methyl sites for hydroxylation is 2. The number of rotatable bonds is 3. The summed E-state index contributed by atoms with van der Waals surface area (Å²) in [6.07, 6.45) is 0. The first kappa shape index (κ1) is 39.2. The first-order valence-electron chi connectivity index (χ1n) is 16.4. The zero-order chi connectivity index (χ0) is 34.9. The Kier molecular flexibility index (Phi) is 15.0. The van der Waals surface area contributed by atoms with E-state index in [2.05, 4.69) is 172 Å². The Bertz CT molecular complexity index is 1850. The van der Waals surface area contributed by atoms with Crippen LogP contribution in [0.1, 0.15) is 73.9 Å². The second kappa shape index (κ2) is 18.0. The quantitative estimate of drug-likeness (QED) is 0.125. The van der Waals surface area contributed by atoms with Crippen LogP contribution in [0.5, 0.6) is 0 Å². The molecule has 0 aliphatic rings. The van der Waals surface area contributed by atoms with Crippen LogP contribution in [0.2, 0.25) is 13.1 Å². The van der Waals surface area contributed by atoms with Gasteiger partial charge < -0.3 is 0 Å². The van der Waals surface area contributed by atoms with E-state index in [1.165, 1.54) is 77.2 Å². The molecule has 0 saturated carbocycles. The van der Waals surface area contributed by atoms with Gasteiger partial charge >= 0.3 is 37.9 Å². The number of fused-ring (bicyclic) bond motifs is 2. The van der Waals surface area contributed by atoms with Crippen molar-refractivity contribution in [1.29, 1.82) is 0 Å². The minimum atomic E-state index is -0.826. The molecule has 47 heavy (non-hydrogen) atoms. The first-order chi connectivity index (χ1) is 22.3. The standard InChI is InChI=1S/C23H27.C18H17.C2H6Si.2ClH.Zr/c1-14-12-20-16(3)15(2)17(4)22(21(20)13-14)18-8-10-19(11-9-18)23(5,6)7;1-13(2)16-11-15-9-6-10-17(18(15)12-16)14-7-4-3-5-8-14;1-3-2;;;/h8-13H,1-7H3;3-13H,1-2H3;1-2H3;2*1H;/q2*-1;;;;+4/p-2. The fraction of sp³-hybridized carbons (Fsp3) is 0.302. The van der Waals surface area contributed by atoms with Crippen molar-refractivity contribution in [3.63, 3.8) is 0 Å². The summed E-state index contributed by atoms with van der Waals surface area (Å²) in [5, 5.41) is 5.51. The second-order valence-electron chi connectivity index (χ2n) is 13.6. The van der Waals surface area contributed by atoms with Crippen LogP contribution in [-0.4, -0.2) is 9.52 Å². The molecule has 0 amide bonds. The molecule has 0 spiro atoms. The van der Waals surface area contributed by atoms with Crippen molar-refractivity contribution in [3.05, 3.63) is 130 Å². The van der Waals surface area contributed by atoms with Gasteiger partial charge in [0.1, 0.15) is 0 Å². The summed E-state index contributed by atoms with van der Waals surface area (Å²) in [6.45, 7) is 24.5. The second-order valence-corrected chi connectivity index (χ2v) is 18.4. The molecule has 6 aromatic rings. The molecule has 6 aromatic carbocycles. The molecule has 0 heterocycles. The predicted octanol–water partition coefficient (Wildman–Crippen LogP) is 14.3. The molecule has 0 N–H and O–H groups in total. The van der Waals surface area contributed by atoms with Crippen LogP contribution in [0.3, 0.4) is 0 Å². The maximum absolute atomic E-state index is 4.93. The van der Waals surface area contributed by atoms with Gasteiger partial charge in [0, 0.05) is 9.52 Å². The minimum absolute atomic E-state index is 0.197. The molecule has 0 bridgehead atoms. The van der Waals surface area contributed by atoms with Crippen LogP contribution in [0, 0.1) is 27.7 Å². The number of halogens is 2. The van der Waals surface area contributed by atoms with Crippen LogP contribution in [-0.2, 0) is 26.3 Å². The average Bonchev–Trinajstić information content (AvgIpc) is 3.65. The van der Waals surface area contributed by atoms with Gasteiger partial charge in [0.15, 0.2) is 0 Å². The molecule has 0 unspecified atom stereocenters. The van der Waals surface area contributed by atoms with Crippen LogP contribution in [0.15, 0.2) is 97.1 Å². The van der Waals surface area contributed by atoms with Gasteiger partial charge in [-0.25, -0.2) is 0 Å². The van der Waals surface area contributed by atoms with Gasteiger partial charge in [-0.05, 0) is 41.9 Å². The van der Waals surface area contributed by atoms with Gasteiger partial charge in [-0.1, -0.05) is 144 Å². The molecule has 6 rings (SSSR count). The summed E-state index contributed by atoms with van der Waals surface area (Å²) in [4.78, 5) is 0. The van der Waals surface area contributed by atoms with Crippen LogP contribution >= 0.6 is 17.0 Å². The molecule has 4 heteroatoms. The molecular formula is C43H50Cl2SiZr. The normalized spacial score (nSPS) is 10.9. The Balaban J connectivity index is 0.000000223. The summed E-state index contributed by atoms with van der Waals surface area (Å²) in [6, 6.07) is 35.6. The van der Waals surface area contributed by atoms with Gasteiger partial charge in [0.25, 0.3) is 0 Å². The number of benzene rings is 4. The Labute approximate surface area is 306 Å². The molecule has 0 atom stereocenters. The van der Waals surface area contributed by atoms with E-state index in [-0.39, 0.29) is 5.41 Å². The van der Waals surface area contributed by atoms with E-state index >= 15 is 0 Å². The summed E-state index contributed by atoms with van der Waals surface area (Å²) < 4.78 is 0. The van der Waals surface area contributed by atoms with Gasteiger partial charge in [0.05, 0.1) is 0 Å². The third-order valence-electron chi connectivity index (χ3n) is 8.77. The van der Waals surface area contributed by atoms with Crippen molar-refractivity contribution < 1.29 is 20.8 Å². The van der Waals surface area contributed by atoms with Crippen molar-refractivity contribution in [1.82, 2.24) is 0 Å². The first-order valence-corrected chi connectivity index (χ1v) is 24.7. The number of hydrogen-bond donors (Lipinski definition) is 0. The summed E-state index contributed by atoms with van der Waals surface area (Å²) in [7, 11) is 11.0. The van der Waals surface area contributed by atoms with E-state index < -0.39 is 20.8 Å². The van der Waals surface area contributed by atoms with Crippen LogP contribution in [0.4, 0.5) is 0 Å². The van der Waals surface area contributed by atoms with E-state index in [1.807, 2.05) is 0 Å². The zero-order valence-electron chi connectivity index (χ0n) is 30.1. The number of hydrogen-bond acceptors (Lipinski definition) is 0. The van der Waals surface area contributed by atoms with E-state index in [0.717, 1.165) is 9.52 Å². The predicted molar refractivity (Wildman–Crippen MR) is 211 cm³/mol. The van der Waals surface area contributed by atoms with Crippen molar-refractivity contribution in [3.8, 4) is 22.3 Å². The Morgan fingerprint density at radius 3 is 1.83 bits per heavy atom. The van der Waals surface area contributed by atoms with Gasteiger partial charge in [-0.3, -0.25) is 0 Å². The Hall–Kier alpha value is -2.22. The zero-order valence-corrected chi connectivity index (χ0v) is 35.0. The fourth-order valence-corrected chi connectivity index (χ4v) is 6.01. The van der Waals surface area contributed by atoms with E-state index in [4.69, 9.17) is 17.0 Å². The molecule has 0 saturated heterocycles. The summed E-state index contributed by atoms with van der Waals surface area (Å²) >= 11 is -0.826. The summed E-state index contributed by atoms with van der Waals surface area (Å²) in [5.74, 6) is 0.584. The van der Waals surface area contributed by atoms with Crippen molar-refractivity contribution in [2.24, 2.45) is 0 Å². The van der Waals surface area contributed by atoms with E-state index in [0.29, 0.717) is 5.92 Å². The third kappa shape index (κ3) is 9.92. The monoisotopic (exact) mass is 754 g/mol. The van der Waals surface area contributed by atoms with Gasteiger partial charge in [-0.2, -0.15) is 12.1 Å². The molecule has 0 aromatic heterocycles. The molecular weight excluding hydrogens is 707 g/mol. The third-order valence-corrected chi connectivity index (χ3v) is 8.77. The molecule has 0 nitrogen and oxygen atoms in total. The molecule has 0 aliphatic carbocycles. The fourth-order valence-electron chi connectivity index (χ4n) is 6.01. The van der Waals surface area contributed by atoms with Crippen molar-refractivity contribution in [2.75, 3.05) is 0 Å². The Morgan fingerprint density at radius 2 is 1.28 bits per heavy atom. The van der Waals surface area contributed by atoms with E-state index in [1.54, 1.807) is 0 Å². The SMILES string of the molecule is CC(C)c1cc2c(-c3ccccc3)cccc2[cH-]1.C[Si]C.Cc1cc2c(-c3ccc(C(C)(C)C)cc3)c(C)c(C)c(C)c2[cH-]1.[Cl][Zr+2][Cl]. The molecule has 0 fully saturated rings. The molecule has 2 radical (unpaired) electrons. The molecule has 0 aliphatic heterocycles. The van der Waals surface area contributed by atoms with Crippen LogP contribution < -0.4 is 0 Å². The van der Waals surface area contributed by atoms with Crippen LogP contribution in [0.25, 0.3) is 43.8 Å².